The number of rotatable bonds is 2. The van der Waals surface area contributed by atoms with Crippen LogP contribution in [0.15, 0.2) is 18.2 Å². The highest BCUT2D eigenvalue weighted by Gasteiger charge is 2.35. The molecule has 2 aliphatic rings. The van der Waals surface area contributed by atoms with E-state index in [9.17, 15) is 4.39 Å². The minimum absolute atomic E-state index is 0.108. The van der Waals surface area contributed by atoms with E-state index in [1.54, 1.807) is 6.07 Å². The maximum atomic E-state index is 14.3. The molecular formula is C15H19BrFNO. The zero-order chi connectivity index (χ0) is 13.2. The molecule has 0 spiro atoms. The van der Waals surface area contributed by atoms with E-state index < -0.39 is 0 Å². The zero-order valence-corrected chi connectivity index (χ0v) is 12.5. The van der Waals surface area contributed by atoms with Crippen LogP contribution >= 0.6 is 15.9 Å². The molecule has 104 valence electrons. The molecule has 1 saturated carbocycles. The number of morpholine rings is 1. The Balaban J connectivity index is 1.87. The minimum atomic E-state index is -0.108. The van der Waals surface area contributed by atoms with Crippen molar-refractivity contribution in [1.29, 1.82) is 0 Å². The van der Waals surface area contributed by atoms with Gasteiger partial charge in [0.05, 0.1) is 24.4 Å². The molecule has 2 unspecified atom stereocenters. The van der Waals surface area contributed by atoms with Gasteiger partial charge in [-0.2, -0.15) is 0 Å². The van der Waals surface area contributed by atoms with Gasteiger partial charge in [-0.15, -0.1) is 0 Å². The molecule has 2 atom stereocenters. The third-order valence-corrected chi connectivity index (χ3v) is 4.86. The summed E-state index contributed by atoms with van der Waals surface area (Å²) < 4.78 is 20.1. The first-order valence-corrected chi connectivity index (χ1v) is 8.14. The molecule has 2 nitrogen and oxygen atoms in total. The average molecular weight is 328 g/mol. The van der Waals surface area contributed by atoms with E-state index in [0.29, 0.717) is 18.0 Å². The van der Waals surface area contributed by atoms with E-state index in [1.807, 2.05) is 12.1 Å². The summed E-state index contributed by atoms with van der Waals surface area (Å²) in [6, 6.07) is 5.91. The molecule has 3 rings (SSSR count). The van der Waals surface area contributed by atoms with Crippen LogP contribution in [0.1, 0.15) is 31.2 Å². The van der Waals surface area contributed by atoms with Crippen molar-refractivity contribution in [2.45, 2.75) is 43.2 Å². The average Bonchev–Trinajstić information content (AvgIpc) is 2.46. The van der Waals surface area contributed by atoms with Crippen LogP contribution in [0.4, 0.5) is 10.1 Å². The van der Waals surface area contributed by atoms with Gasteiger partial charge in [0.1, 0.15) is 5.82 Å². The van der Waals surface area contributed by atoms with Gasteiger partial charge in [0, 0.05) is 11.9 Å². The van der Waals surface area contributed by atoms with Gasteiger partial charge in [0.25, 0.3) is 0 Å². The summed E-state index contributed by atoms with van der Waals surface area (Å²) in [6.07, 6.45) is 4.98. The smallest absolute Gasteiger partial charge is 0.146 e. The van der Waals surface area contributed by atoms with Crippen LogP contribution in [0.3, 0.4) is 0 Å². The summed E-state index contributed by atoms with van der Waals surface area (Å²) in [5, 5.41) is 0.694. The van der Waals surface area contributed by atoms with Crippen molar-refractivity contribution in [3.8, 4) is 0 Å². The lowest BCUT2D eigenvalue weighted by atomic mass is 9.89. The SMILES string of the molecule is Fc1cc(CBr)ccc1N1CCOC2CCCCC21. The lowest BCUT2D eigenvalue weighted by molar-refractivity contribution is -0.00891. The van der Waals surface area contributed by atoms with Crippen LogP contribution in [0.5, 0.6) is 0 Å². The van der Waals surface area contributed by atoms with Crippen molar-refractivity contribution < 1.29 is 9.13 Å². The van der Waals surface area contributed by atoms with Crippen molar-refractivity contribution >= 4 is 21.6 Å². The van der Waals surface area contributed by atoms with Gasteiger partial charge in [0.15, 0.2) is 0 Å². The summed E-state index contributed by atoms with van der Waals surface area (Å²) in [7, 11) is 0. The molecule has 1 aromatic rings. The molecule has 0 bridgehead atoms. The Morgan fingerprint density at radius 2 is 2.16 bits per heavy atom. The first-order chi connectivity index (χ1) is 9.29. The van der Waals surface area contributed by atoms with Crippen LogP contribution < -0.4 is 4.90 Å². The van der Waals surface area contributed by atoms with Crippen molar-refractivity contribution in [1.82, 2.24) is 0 Å². The third kappa shape index (κ3) is 2.65. The summed E-state index contributed by atoms with van der Waals surface area (Å²) >= 11 is 3.37. The lowest BCUT2D eigenvalue weighted by Crippen LogP contribution is -2.53. The summed E-state index contributed by atoms with van der Waals surface area (Å²) in [6.45, 7) is 1.51. The van der Waals surface area contributed by atoms with E-state index in [1.165, 1.54) is 12.8 Å². The first-order valence-electron chi connectivity index (χ1n) is 7.02. The van der Waals surface area contributed by atoms with Crippen LogP contribution in [0.2, 0.25) is 0 Å². The van der Waals surface area contributed by atoms with E-state index in [-0.39, 0.29) is 11.9 Å². The standard InChI is InChI=1S/C15H19BrFNO/c16-10-11-5-6-13(12(17)9-11)18-7-8-19-15-4-2-1-3-14(15)18/h5-6,9,14-15H,1-4,7-8,10H2. The van der Waals surface area contributed by atoms with Crippen molar-refractivity contribution in [2.24, 2.45) is 0 Å². The van der Waals surface area contributed by atoms with Crippen LogP contribution in [-0.4, -0.2) is 25.3 Å². The highest BCUT2D eigenvalue weighted by molar-refractivity contribution is 9.08. The highest BCUT2D eigenvalue weighted by Crippen LogP contribution is 2.33. The second-order valence-corrected chi connectivity index (χ2v) is 5.93. The first kappa shape index (κ1) is 13.4. The molecule has 1 aromatic carbocycles. The molecule has 0 amide bonds. The maximum Gasteiger partial charge on any atom is 0.146 e. The molecule has 1 aliphatic heterocycles. The number of anilines is 1. The fourth-order valence-corrected chi connectivity index (χ4v) is 3.61. The zero-order valence-electron chi connectivity index (χ0n) is 10.9. The molecule has 0 N–H and O–H groups in total. The Labute approximate surface area is 122 Å². The van der Waals surface area contributed by atoms with E-state index in [2.05, 4.69) is 20.8 Å². The summed E-state index contributed by atoms with van der Waals surface area (Å²) in [5.74, 6) is -0.108. The molecule has 1 saturated heterocycles. The van der Waals surface area contributed by atoms with Gasteiger partial charge in [-0.3, -0.25) is 0 Å². The maximum absolute atomic E-state index is 14.3. The second-order valence-electron chi connectivity index (χ2n) is 5.37. The molecule has 4 heteroatoms. The van der Waals surface area contributed by atoms with Crippen molar-refractivity contribution in [3.05, 3.63) is 29.6 Å². The third-order valence-electron chi connectivity index (χ3n) is 4.21. The van der Waals surface area contributed by atoms with E-state index in [4.69, 9.17) is 4.74 Å². The fourth-order valence-electron chi connectivity index (χ4n) is 3.26. The van der Waals surface area contributed by atoms with Crippen LogP contribution in [0, 0.1) is 5.82 Å². The van der Waals surface area contributed by atoms with Crippen molar-refractivity contribution in [3.63, 3.8) is 0 Å². The fraction of sp³-hybridized carbons (Fsp3) is 0.600. The molecule has 19 heavy (non-hydrogen) atoms. The molecular weight excluding hydrogens is 309 g/mol. The Kier molecular flexibility index (Phi) is 4.08. The van der Waals surface area contributed by atoms with Gasteiger partial charge >= 0.3 is 0 Å². The Morgan fingerprint density at radius 1 is 1.32 bits per heavy atom. The van der Waals surface area contributed by atoms with Crippen molar-refractivity contribution in [2.75, 3.05) is 18.1 Å². The summed E-state index contributed by atoms with van der Waals surface area (Å²) in [4.78, 5) is 2.22. The molecule has 1 aliphatic carbocycles. The quantitative estimate of drug-likeness (QED) is 0.764. The Bertz CT molecular complexity index is 452. The second kappa shape index (κ2) is 5.80. The lowest BCUT2D eigenvalue weighted by Gasteiger charge is -2.45. The highest BCUT2D eigenvalue weighted by atomic mass is 79.9. The monoisotopic (exact) mass is 327 g/mol. The van der Waals surface area contributed by atoms with Gasteiger partial charge in [-0.1, -0.05) is 34.8 Å². The molecule has 1 heterocycles. The van der Waals surface area contributed by atoms with Crippen LogP contribution in [-0.2, 0) is 10.1 Å². The number of alkyl halides is 1. The van der Waals surface area contributed by atoms with E-state index in [0.717, 1.165) is 30.6 Å². The number of hydrogen-bond acceptors (Lipinski definition) is 2. The Morgan fingerprint density at radius 3 is 2.95 bits per heavy atom. The number of halogens is 2. The van der Waals surface area contributed by atoms with Crippen LogP contribution in [0.25, 0.3) is 0 Å². The number of nitrogens with zero attached hydrogens (tertiary/aromatic N) is 1. The predicted molar refractivity (Wildman–Crippen MR) is 78.4 cm³/mol. The summed E-state index contributed by atoms with van der Waals surface area (Å²) in [5.41, 5.74) is 1.72. The molecule has 0 radical (unpaired) electrons. The normalized spacial score (nSPS) is 27.2. The number of benzene rings is 1. The van der Waals surface area contributed by atoms with Gasteiger partial charge in [0.2, 0.25) is 0 Å². The largest absolute Gasteiger partial charge is 0.374 e. The Hall–Kier alpha value is -0.610. The molecule has 2 fully saturated rings. The van der Waals surface area contributed by atoms with Gasteiger partial charge in [-0.25, -0.2) is 4.39 Å². The topological polar surface area (TPSA) is 12.5 Å². The van der Waals surface area contributed by atoms with Gasteiger partial charge < -0.3 is 9.64 Å². The minimum Gasteiger partial charge on any atom is -0.374 e. The number of hydrogen-bond donors (Lipinski definition) is 0. The molecule has 0 aromatic heterocycles. The number of ether oxygens (including phenoxy) is 1. The number of fused-ring (bicyclic) bond motifs is 1. The van der Waals surface area contributed by atoms with Gasteiger partial charge in [-0.05, 0) is 30.5 Å². The predicted octanol–water partition coefficient (Wildman–Crippen LogP) is 3.87. The van der Waals surface area contributed by atoms with E-state index >= 15 is 0 Å².